The Bertz CT molecular complexity index is 1220. The lowest BCUT2D eigenvalue weighted by atomic mass is 9.91. The minimum absolute atomic E-state index is 0.0261. The number of rotatable bonds is 8. The summed E-state index contributed by atoms with van der Waals surface area (Å²) in [6, 6.07) is 18.9. The van der Waals surface area contributed by atoms with E-state index in [-0.39, 0.29) is 18.4 Å². The van der Waals surface area contributed by atoms with Crippen LogP contribution in [0, 0.1) is 6.92 Å². The summed E-state index contributed by atoms with van der Waals surface area (Å²) in [4.78, 5) is 11.0. The molecule has 1 heterocycles. The maximum absolute atomic E-state index is 11.0. The van der Waals surface area contributed by atoms with Gasteiger partial charge in [0.1, 0.15) is 24.2 Å². The van der Waals surface area contributed by atoms with Crippen LogP contribution in [0.2, 0.25) is 0 Å². The van der Waals surface area contributed by atoms with E-state index in [0.717, 1.165) is 54.9 Å². The summed E-state index contributed by atoms with van der Waals surface area (Å²) in [6.45, 7) is 6.04. The summed E-state index contributed by atoms with van der Waals surface area (Å²) in [5, 5.41) is 9.03. The highest BCUT2D eigenvalue weighted by atomic mass is 16.5. The van der Waals surface area contributed by atoms with Crippen molar-refractivity contribution in [3.8, 4) is 22.6 Å². The van der Waals surface area contributed by atoms with Crippen molar-refractivity contribution >= 4 is 5.97 Å². The number of hydrogen-bond acceptors (Lipinski definition) is 4. The smallest absolute Gasteiger partial charge is 0.303 e. The van der Waals surface area contributed by atoms with Gasteiger partial charge in [-0.1, -0.05) is 31.2 Å². The van der Waals surface area contributed by atoms with E-state index in [4.69, 9.17) is 19.3 Å². The molecule has 1 saturated heterocycles. The fourth-order valence-electron chi connectivity index (χ4n) is 5.35. The van der Waals surface area contributed by atoms with Crippen molar-refractivity contribution in [2.24, 2.45) is 0 Å². The Morgan fingerprint density at radius 2 is 1.86 bits per heavy atom. The van der Waals surface area contributed by atoms with Gasteiger partial charge in [-0.3, -0.25) is 4.79 Å². The molecule has 5 heteroatoms. The quantitative estimate of drug-likeness (QED) is 0.395. The molecule has 1 aliphatic carbocycles. The molecular weight excluding hydrogens is 452 g/mol. The molecule has 0 unspecified atom stereocenters. The Kier molecular flexibility index (Phi) is 7.28. The van der Waals surface area contributed by atoms with Gasteiger partial charge in [-0.15, -0.1) is 0 Å². The summed E-state index contributed by atoms with van der Waals surface area (Å²) < 4.78 is 17.8. The molecule has 3 aromatic carbocycles. The van der Waals surface area contributed by atoms with Gasteiger partial charge in [-0.25, -0.2) is 0 Å². The zero-order valence-corrected chi connectivity index (χ0v) is 21.1. The van der Waals surface area contributed by atoms with Crippen LogP contribution in [0.5, 0.6) is 11.5 Å². The molecule has 3 aromatic rings. The van der Waals surface area contributed by atoms with Crippen molar-refractivity contribution in [2.75, 3.05) is 13.2 Å². The van der Waals surface area contributed by atoms with E-state index in [2.05, 4.69) is 37.3 Å². The molecule has 0 radical (unpaired) electrons. The van der Waals surface area contributed by atoms with E-state index >= 15 is 0 Å². The third-order valence-electron chi connectivity index (χ3n) is 7.25. The third kappa shape index (κ3) is 5.57. The highest BCUT2D eigenvalue weighted by Crippen LogP contribution is 2.38. The molecule has 0 aromatic heterocycles. The van der Waals surface area contributed by atoms with Crippen LogP contribution in [0.25, 0.3) is 11.1 Å². The van der Waals surface area contributed by atoms with E-state index in [0.29, 0.717) is 13.2 Å². The molecule has 2 atom stereocenters. The van der Waals surface area contributed by atoms with E-state index in [1.165, 1.54) is 27.8 Å². The molecule has 5 nitrogen and oxygen atoms in total. The molecule has 5 rings (SSSR count). The van der Waals surface area contributed by atoms with E-state index in [9.17, 15) is 4.79 Å². The number of aliphatic carboxylic acids is 1. The molecule has 0 saturated carbocycles. The Hall–Kier alpha value is -3.31. The van der Waals surface area contributed by atoms with Gasteiger partial charge in [0.15, 0.2) is 0 Å². The fourth-order valence-corrected chi connectivity index (χ4v) is 5.35. The average molecular weight is 487 g/mol. The first-order valence-corrected chi connectivity index (χ1v) is 12.9. The molecule has 188 valence electrons. The van der Waals surface area contributed by atoms with Crippen LogP contribution >= 0.6 is 0 Å². The number of carbonyl (C=O) groups is 1. The normalized spacial score (nSPS) is 17.6. The molecule has 36 heavy (non-hydrogen) atoms. The van der Waals surface area contributed by atoms with Gasteiger partial charge >= 0.3 is 5.97 Å². The molecule has 0 bridgehead atoms. The first kappa shape index (κ1) is 24.4. The second-order valence-corrected chi connectivity index (χ2v) is 10.1. The second-order valence-electron chi connectivity index (χ2n) is 10.1. The predicted molar refractivity (Wildman–Crippen MR) is 140 cm³/mol. The van der Waals surface area contributed by atoms with Gasteiger partial charge in [-0.2, -0.15) is 0 Å². The van der Waals surface area contributed by atoms with Crippen LogP contribution in [0.3, 0.4) is 0 Å². The summed E-state index contributed by atoms with van der Waals surface area (Å²) in [6.07, 6.45) is 4.46. The van der Waals surface area contributed by atoms with E-state index < -0.39 is 5.97 Å². The average Bonchev–Trinajstić information content (AvgIpc) is 3.29. The summed E-state index contributed by atoms with van der Waals surface area (Å²) in [5.74, 6) is 0.924. The van der Waals surface area contributed by atoms with Crippen molar-refractivity contribution in [1.29, 1.82) is 0 Å². The van der Waals surface area contributed by atoms with Gasteiger partial charge < -0.3 is 19.3 Å². The summed E-state index contributed by atoms with van der Waals surface area (Å²) >= 11 is 0. The highest BCUT2D eigenvalue weighted by Gasteiger charge is 2.21. The van der Waals surface area contributed by atoms with Gasteiger partial charge in [-0.05, 0) is 101 Å². The van der Waals surface area contributed by atoms with Crippen LogP contribution in [-0.2, 0) is 29.0 Å². The first-order chi connectivity index (χ1) is 17.5. The number of carboxylic acids is 1. The van der Waals surface area contributed by atoms with Gasteiger partial charge in [0.2, 0.25) is 0 Å². The summed E-state index contributed by atoms with van der Waals surface area (Å²) in [5.41, 5.74) is 8.75. The monoisotopic (exact) mass is 486 g/mol. The van der Waals surface area contributed by atoms with Crippen LogP contribution in [-0.4, -0.2) is 30.4 Å². The molecule has 0 amide bonds. The zero-order chi connectivity index (χ0) is 25.1. The fraction of sp³-hybridized carbons (Fsp3) is 0.387. The van der Waals surface area contributed by atoms with Crippen LogP contribution < -0.4 is 9.47 Å². The number of fused-ring (bicyclic) bond motifs is 3. The van der Waals surface area contributed by atoms with Crippen LogP contribution in [0.15, 0.2) is 54.6 Å². The standard InChI is InChI=1S/C31H34O5/c1-20(15-30(32)33)23-8-10-26(11-9-23)35-18-22-6-7-24-4-3-5-25-17-28(36-27-12-13-34-19-27)14-21(2)31(25)29(24)16-22/h6-11,14,16-17,20,27H,3-5,12-13,15,18-19H2,1-2H3,(H,32,33)/t20-,27+/m0/s1. The summed E-state index contributed by atoms with van der Waals surface area (Å²) in [7, 11) is 0. The Morgan fingerprint density at radius 3 is 2.61 bits per heavy atom. The maximum atomic E-state index is 11.0. The lowest BCUT2D eigenvalue weighted by molar-refractivity contribution is -0.137. The SMILES string of the molecule is Cc1cc(O[C@@H]2CCOC2)cc2c1-c1cc(COc3ccc([C@@H](C)CC(=O)O)cc3)ccc1CCC2. The second kappa shape index (κ2) is 10.8. The van der Waals surface area contributed by atoms with Crippen molar-refractivity contribution < 1.29 is 24.1 Å². The largest absolute Gasteiger partial charge is 0.489 e. The van der Waals surface area contributed by atoms with E-state index in [1.807, 2.05) is 31.2 Å². The highest BCUT2D eigenvalue weighted by molar-refractivity contribution is 5.76. The maximum Gasteiger partial charge on any atom is 0.303 e. The lowest BCUT2D eigenvalue weighted by Gasteiger charge is -2.18. The molecule has 0 spiro atoms. The molecule has 2 aliphatic rings. The van der Waals surface area contributed by atoms with Gasteiger partial charge in [0.05, 0.1) is 19.6 Å². The van der Waals surface area contributed by atoms with Crippen molar-refractivity contribution in [3.63, 3.8) is 0 Å². The molecule has 1 N–H and O–H groups in total. The molecular formula is C31H34O5. The predicted octanol–water partition coefficient (Wildman–Crippen LogP) is 6.48. The van der Waals surface area contributed by atoms with Gasteiger partial charge in [0.25, 0.3) is 0 Å². The van der Waals surface area contributed by atoms with Crippen LogP contribution in [0.4, 0.5) is 0 Å². The lowest BCUT2D eigenvalue weighted by Crippen LogP contribution is -2.16. The Balaban J connectivity index is 1.33. The topological polar surface area (TPSA) is 65.0 Å². The van der Waals surface area contributed by atoms with Crippen molar-refractivity contribution in [1.82, 2.24) is 0 Å². The Labute approximate surface area is 213 Å². The Morgan fingerprint density at radius 1 is 1.06 bits per heavy atom. The minimum atomic E-state index is -0.782. The van der Waals surface area contributed by atoms with E-state index in [1.54, 1.807) is 0 Å². The first-order valence-electron chi connectivity index (χ1n) is 12.9. The third-order valence-corrected chi connectivity index (χ3v) is 7.25. The van der Waals surface area contributed by atoms with Crippen molar-refractivity contribution in [2.45, 2.75) is 64.6 Å². The molecule has 1 aliphatic heterocycles. The zero-order valence-electron chi connectivity index (χ0n) is 21.1. The molecule has 1 fully saturated rings. The van der Waals surface area contributed by atoms with Crippen LogP contribution in [0.1, 0.15) is 59.9 Å². The number of benzene rings is 3. The number of hydrogen-bond donors (Lipinski definition) is 1. The number of carboxylic acid groups (broad SMARTS) is 1. The van der Waals surface area contributed by atoms with Gasteiger partial charge in [0, 0.05) is 6.42 Å². The van der Waals surface area contributed by atoms with Crippen molar-refractivity contribution in [3.05, 3.63) is 82.4 Å². The number of aryl methyl sites for hydroxylation is 3. The minimum Gasteiger partial charge on any atom is -0.489 e. The number of ether oxygens (including phenoxy) is 3.